The number of aryl methyl sites for hydroxylation is 1. The number of carbonyl (C=O) groups is 4. The summed E-state index contributed by atoms with van der Waals surface area (Å²) in [7, 11) is 0. The molecule has 19 nitrogen and oxygen atoms in total. The van der Waals surface area contributed by atoms with Crippen molar-refractivity contribution in [2.24, 2.45) is 5.41 Å². The Morgan fingerprint density at radius 3 is 2.48 bits per heavy atom. The van der Waals surface area contributed by atoms with Crippen molar-refractivity contribution in [3.8, 4) is 16.2 Å². The zero-order valence-corrected chi connectivity index (χ0v) is 39.5. The summed E-state index contributed by atoms with van der Waals surface area (Å²) in [5.41, 5.74) is 4.64. The average Bonchev–Trinajstić information content (AvgIpc) is 4.04. The molecule has 0 spiro atoms. The first-order valence-corrected chi connectivity index (χ1v) is 22.9. The van der Waals surface area contributed by atoms with Gasteiger partial charge in [-0.1, -0.05) is 73.5 Å². The first-order chi connectivity index (χ1) is 32.0. The SMILES string of the molecule is Cc1ncsc1-c1ccc(CNC(=O)[C@@H]2C[C@@H](O)CN2C(=O)[C@@H](NC(=O)COCCOCCn2cc(CCOc3ccc(Cl)cc3C(=O)Nc3ccc([N+](=O)[O-])cc3Cl)nn2)C(C)(C)C)cc1. The number of nitrogens with one attached hydrogen (secondary N) is 3. The number of nitrogens with zero attached hydrogens (tertiary/aromatic N) is 6. The number of β-amino-alcohol motifs (C(OH)–C–C–N with tert-alkyl or cyclic N) is 1. The van der Waals surface area contributed by atoms with Gasteiger partial charge in [-0.3, -0.25) is 29.3 Å². The molecule has 22 heteroatoms. The first kappa shape index (κ1) is 50.4. The number of hydrogen-bond acceptors (Lipinski definition) is 14. The minimum Gasteiger partial charge on any atom is -0.492 e. The summed E-state index contributed by atoms with van der Waals surface area (Å²) < 4.78 is 18.7. The lowest BCUT2D eigenvalue weighted by Crippen LogP contribution is -2.58. The van der Waals surface area contributed by atoms with E-state index < -0.39 is 52.2 Å². The van der Waals surface area contributed by atoms with Gasteiger partial charge in [0.25, 0.3) is 11.6 Å². The summed E-state index contributed by atoms with van der Waals surface area (Å²) in [6, 6.07) is 14.1. The van der Waals surface area contributed by atoms with Crippen LogP contribution in [0.4, 0.5) is 11.4 Å². The van der Waals surface area contributed by atoms with Crippen LogP contribution in [0.25, 0.3) is 10.4 Å². The smallest absolute Gasteiger partial charge is 0.271 e. The van der Waals surface area contributed by atoms with E-state index in [2.05, 4.69) is 31.2 Å². The Morgan fingerprint density at radius 1 is 1.01 bits per heavy atom. The zero-order chi connectivity index (χ0) is 48.3. The zero-order valence-electron chi connectivity index (χ0n) is 37.2. The van der Waals surface area contributed by atoms with Gasteiger partial charge >= 0.3 is 0 Å². The molecule has 5 aromatic rings. The number of ether oxygens (including phenoxy) is 3. The molecule has 2 aromatic heterocycles. The number of anilines is 1. The lowest BCUT2D eigenvalue weighted by atomic mass is 9.85. The second-order valence-electron chi connectivity index (χ2n) is 16.7. The van der Waals surface area contributed by atoms with Gasteiger partial charge in [-0.25, -0.2) is 9.67 Å². The molecule has 3 atom stereocenters. The van der Waals surface area contributed by atoms with Gasteiger partial charge in [-0.05, 0) is 47.7 Å². The predicted molar refractivity (Wildman–Crippen MR) is 250 cm³/mol. The molecule has 0 saturated carbocycles. The summed E-state index contributed by atoms with van der Waals surface area (Å²) >= 11 is 13.9. The molecule has 3 heterocycles. The van der Waals surface area contributed by atoms with Crippen molar-refractivity contribution >= 4 is 69.5 Å². The standard InChI is InChI=1S/C45H51Cl2N9O10S/c1-27-40(67-26-49-27)29-7-5-28(6-8-29)22-48-43(60)37-21-33(57)24-55(37)44(61)41(45(2,3)4)51-39(58)25-65-18-17-64-16-14-54-23-31(52-53-54)13-15-66-38-12-9-30(46)19-34(38)42(59)50-36-11-10-32(56(62)63)20-35(36)47/h5-12,19-20,23,26,33,37,41,57H,13-18,21-22,24-25H2,1-4H3,(H,48,60)(H,50,59)(H,51,58)/t33-,37+,41-/m1/s1. The molecule has 3 aromatic carbocycles. The molecular formula is C45H51Cl2N9O10S. The van der Waals surface area contributed by atoms with E-state index in [-0.39, 0.29) is 80.3 Å². The Labute approximate surface area is 400 Å². The number of benzene rings is 3. The second-order valence-corrected chi connectivity index (χ2v) is 18.4. The maximum Gasteiger partial charge on any atom is 0.271 e. The van der Waals surface area contributed by atoms with E-state index in [4.69, 9.17) is 37.4 Å². The fourth-order valence-electron chi connectivity index (χ4n) is 7.07. The van der Waals surface area contributed by atoms with Gasteiger partial charge in [-0.15, -0.1) is 16.4 Å². The lowest BCUT2D eigenvalue weighted by molar-refractivity contribution is -0.384. The quantitative estimate of drug-likeness (QED) is 0.0396. The van der Waals surface area contributed by atoms with E-state index in [0.29, 0.717) is 23.7 Å². The summed E-state index contributed by atoms with van der Waals surface area (Å²) in [4.78, 5) is 70.7. The molecule has 67 heavy (non-hydrogen) atoms. The molecule has 0 aliphatic carbocycles. The van der Waals surface area contributed by atoms with Gasteiger partial charge in [0.15, 0.2) is 0 Å². The summed E-state index contributed by atoms with van der Waals surface area (Å²) in [5.74, 6) is -1.72. The van der Waals surface area contributed by atoms with E-state index in [1.807, 2.05) is 31.2 Å². The highest BCUT2D eigenvalue weighted by Crippen LogP contribution is 2.31. The number of carbonyl (C=O) groups excluding carboxylic acids is 4. The Balaban J connectivity index is 0.887. The van der Waals surface area contributed by atoms with Crippen LogP contribution in [0.2, 0.25) is 10.0 Å². The van der Waals surface area contributed by atoms with Crippen LogP contribution >= 0.6 is 34.5 Å². The normalized spacial score (nSPS) is 15.2. The van der Waals surface area contributed by atoms with Crippen LogP contribution in [-0.4, -0.2) is 116 Å². The van der Waals surface area contributed by atoms with Crippen molar-refractivity contribution < 1.29 is 43.4 Å². The van der Waals surface area contributed by atoms with Gasteiger partial charge in [-0.2, -0.15) is 0 Å². The van der Waals surface area contributed by atoms with Crippen LogP contribution in [0.15, 0.2) is 72.4 Å². The first-order valence-electron chi connectivity index (χ1n) is 21.2. The van der Waals surface area contributed by atoms with Crippen LogP contribution < -0.4 is 20.7 Å². The molecule has 4 amide bonds. The molecule has 0 bridgehead atoms. The number of nitro groups is 1. The molecule has 1 fully saturated rings. The molecule has 0 radical (unpaired) electrons. The summed E-state index contributed by atoms with van der Waals surface area (Å²) in [5, 5.41) is 38.5. The third kappa shape index (κ3) is 14.0. The highest BCUT2D eigenvalue weighted by atomic mass is 35.5. The Kier molecular flexibility index (Phi) is 17.4. The summed E-state index contributed by atoms with van der Waals surface area (Å²) in [6.45, 7) is 8.31. The number of non-ortho nitro benzene ring substituents is 1. The third-order valence-electron chi connectivity index (χ3n) is 10.6. The van der Waals surface area contributed by atoms with Gasteiger partial charge in [0.2, 0.25) is 17.7 Å². The summed E-state index contributed by atoms with van der Waals surface area (Å²) in [6.07, 6.45) is 1.27. The predicted octanol–water partition coefficient (Wildman–Crippen LogP) is 5.64. The maximum absolute atomic E-state index is 13.9. The second kappa shape index (κ2) is 23.1. The number of likely N-dealkylation sites (tertiary alicyclic amines) is 1. The molecule has 1 aliphatic rings. The lowest BCUT2D eigenvalue weighted by Gasteiger charge is -2.35. The van der Waals surface area contributed by atoms with E-state index in [9.17, 15) is 34.4 Å². The van der Waals surface area contributed by atoms with E-state index in [1.54, 1.807) is 60.6 Å². The van der Waals surface area contributed by atoms with E-state index in [0.717, 1.165) is 27.8 Å². The van der Waals surface area contributed by atoms with Crippen LogP contribution in [0.1, 0.15) is 54.5 Å². The number of halogens is 2. The molecule has 0 unspecified atom stereocenters. The third-order valence-corrected chi connectivity index (χ3v) is 12.1. The van der Waals surface area contributed by atoms with Crippen molar-refractivity contribution in [1.82, 2.24) is 35.5 Å². The van der Waals surface area contributed by atoms with Crippen molar-refractivity contribution in [1.29, 1.82) is 0 Å². The number of rotatable bonds is 21. The van der Waals surface area contributed by atoms with Gasteiger partial charge in [0.1, 0.15) is 24.4 Å². The largest absolute Gasteiger partial charge is 0.492 e. The highest BCUT2D eigenvalue weighted by Gasteiger charge is 2.44. The number of nitro benzene ring substituents is 1. The van der Waals surface area contributed by atoms with E-state index in [1.165, 1.54) is 23.1 Å². The minimum absolute atomic E-state index is 0.00686. The van der Waals surface area contributed by atoms with Crippen molar-refractivity contribution in [3.05, 3.63) is 115 Å². The molecule has 6 rings (SSSR count). The fraction of sp³-hybridized carbons (Fsp3) is 0.400. The van der Waals surface area contributed by atoms with Gasteiger partial charge in [0, 0.05) is 49.3 Å². The van der Waals surface area contributed by atoms with Crippen LogP contribution in [0.3, 0.4) is 0 Å². The van der Waals surface area contributed by atoms with Gasteiger partial charge < -0.3 is 40.2 Å². The fourth-order valence-corrected chi connectivity index (χ4v) is 8.27. The molecule has 4 N–H and O–H groups in total. The van der Waals surface area contributed by atoms with Crippen molar-refractivity contribution in [3.63, 3.8) is 0 Å². The monoisotopic (exact) mass is 979 g/mol. The van der Waals surface area contributed by atoms with Crippen molar-refractivity contribution in [2.45, 2.75) is 71.8 Å². The van der Waals surface area contributed by atoms with E-state index >= 15 is 0 Å². The van der Waals surface area contributed by atoms with Gasteiger partial charge in [0.05, 0.1) is 82.0 Å². The van der Waals surface area contributed by atoms with Crippen LogP contribution in [0, 0.1) is 22.5 Å². The highest BCUT2D eigenvalue weighted by molar-refractivity contribution is 7.13. The van der Waals surface area contributed by atoms with Crippen LogP contribution in [0.5, 0.6) is 5.75 Å². The number of aliphatic hydroxyl groups excluding tert-OH is 1. The number of amides is 4. The average molecular weight is 981 g/mol. The molecular weight excluding hydrogens is 930 g/mol. The maximum atomic E-state index is 13.9. The Morgan fingerprint density at radius 2 is 1.78 bits per heavy atom. The Bertz CT molecular complexity index is 2550. The van der Waals surface area contributed by atoms with Crippen LogP contribution in [-0.2, 0) is 43.4 Å². The number of thiazole rings is 1. The number of aromatic nitrogens is 4. The number of hydrogen-bond donors (Lipinski definition) is 4. The minimum atomic E-state index is -1.000. The molecule has 356 valence electrons. The Hall–Kier alpha value is -6.03. The number of aliphatic hydroxyl groups is 1. The van der Waals surface area contributed by atoms with Crippen molar-refractivity contribution in [2.75, 3.05) is 44.9 Å². The molecule has 1 aliphatic heterocycles. The molecule has 1 saturated heterocycles. The topological polar surface area (TPSA) is 242 Å².